The lowest BCUT2D eigenvalue weighted by molar-refractivity contribution is 0.103. The van der Waals surface area contributed by atoms with Crippen molar-refractivity contribution in [3.05, 3.63) is 77.1 Å². The predicted octanol–water partition coefficient (Wildman–Crippen LogP) is 4.31. The Bertz CT molecular complexity index is 699. The van der Waals surface area contributed by atoms with Crippen LogP contribution in [0.5, 0.6) is 5.75 Å². The molecule has 0 saturated heterocycles. The topological polar surface area (TPSA) is 35.5 Å². The second kappa shape index (κ2) is 6.06. The van der Waals surface area contributed by atoms with Gasteiger partial charge in [-0.05, 0) is 36.8 Å². The molecule has 1 heterocycles. The number of methoxy groups -OCH3 is 1. The highest BCUT2D eigenvalue weighted by molar-refractivity contribution is 6.09. The lowest BCUT2D eigenvalue weighted by Crippen LogP contribution is -2.04. The summed E-state index contributed by atoms with van der Waals surface area (Å²) < 4.78 is 11.0. The van der Waals surface area contributed by atoms with Gasteiger partial charge in [0.25, 0.3) is 0 Å². The van der Waals surface area contributed by atoms with Crippen LogP contribution in [-0.2, 0) is 4.74 Å². The molecule has 0 aliphatic carbocycles. The number of ether oxygens (including phenoxy) is 2. The number of carbonyl (C=O) groups excluding carboxylic acids is 1. The highest BCUT2D eigenvalue weighted by Gasteiger charge is 2.29. The number of ketones is 1. The molecule has 0 N–H and O–H groups in total. The molecule has 3 rings (SSSR count). The second-order valence-electron chi connectivity index (χ2n) is 5.31. The Morgan fingerprint density at radius 2 is 1.77 bits per heavy atom. The van der Waals surface area contributed by atoms with E-state index in [9.17, 15) is 4.79 Å². The second-order valence-corrected chi connectivity index (χ2v) is 5.31. The number of hydrogen-bond acceptors (Lipinski definition) is 3. The van der Waals surface area contributed by atoms with E-state index in [-0.39, 0.29) is 11.9 Å². The van der Waals surface area contributed by atoms with Gasteiger partial charge in [0, 0.05) is 17.6 Å². The van der Waals surface area contributed by atoms with E-state index in [1.807, 2.05) is 37.3 Å². The summed E-state index contributed by atoms with van der Waals surface area (Å²) in [6.45, 7) is 1.86. The molecule has 1 aliphatic heterocycles. The molecule has 0 amide bonds. The molecule has 0 bridgehead atoms. The van der Waals surface area contributed by atoms with E-state index in [0.717, 1.165) is 22.6 Å². The zero-order valence-electron chi connectivity index (χ0n) is 12.7. The molecule has 0 aromatic heterocycles. The highest BCUT2D eigenvalue weighted by atomic mass is 16.5. The maximum absolute atomic E-state index is 12.7. The largest absolute Gasteiger partial charge is 0.497 e. The van der Waals surface area contributed by atoms with Gasteiger partial charge in [-0.25, -0.2) is 0 Å². The molecule has 3 heteroatoms. The van der Waals surface area contributed by atoms with Crippen LogP contribution in [-0.4, -0.2) is 12.9 Å². The van der Waals surface area contributed by atoms with E-state index in [1.54, 1.807) is 31.4 Å². The van der Waals surface area contributed by atoms with E-state index in [1.165, 1.54) is 0 Å². The van der Waals surface area contributed by atoms with Crippen molar-refractivity contribution in [2.24, 2.45) is 0 Å². The Morgan fingerprint density at radius 3 is 2.41 bits per heavy atom. The third-order valence-electron chi connectivity index (χ3n) is 3.93. The Kier molecular flexibility index (Phi) is 3.96. The summed E-state index contributed by atoms with van der Waals surface area (Å²) in [4.78, 5) is 12.7. The minimum atomic E-state index is -0.0709. The third-order valence-corrected chi connectivity index (χ3v) is 3.93. The Hall–Kier alpha value is -2.55. The maximum atomic E-state index is 12.7. The van der Waals surface area contributed by atoms with Gasteiger partial charge in [0.15, 0.2) is 5.78 Å². The lowest BCUT2D eigenvalue weighted by Gasteiger charge is -2.11. The van der Waals surface area contributed by atoms with Gasteiger partial charge in [-0.3, -0.25) is 4.79 Å². The van der Waals surface area contributed by atoms with Crippen LogP contribution < -0.4 is 4.74 Å². The standard InChI is InChI=1S/C19H18O3/c1-13-17(12-18(22-13)14-6-4-3-5-7-14)19(20)15-8-10-16(21-2)11-9-15/h3-11,18H,12H2,1-2H3. The predicted molar refractivity (Wildman–Crippen MR) is 84.9 cm³/mol. The SMILES string of the molecule is COc1ccc(C(=O)C2=C(C)OC(c3ccccc3)C2)cc1. The van der Waals surface area contributed by atoms with Gasteiger partial charge in [-0.15, -0.1) is 0 Å². The lowest BCUT2D eigenvalue weighted by atomic mass is 9.97. The summed E-state index contributed by atoms with van der Waals surface area (Å²) in [6.07, 6.45) is 0.541. The first-order valence-electron chi connectivity index (χ1n) is 7.29. The van der Waals surface area contributed by atoms with Gasteiger partial charge in [-0.2, -0.15) is 0 Å². The Balaban J connectivity index is 1.79. The molecule has 3 nitrogen and oxygen atoms in total. The Labute approximate surface area is 130 Å². The average Bonchev–Trinajstić information content (AvgIpc) is 2.97. The van der Waals surface area contributed by atoms with Gasteiger partial charge in [0.2, 0.25) is 0 Å². The number of rotatable bonds is 4. The summed E-state index contributed by atoms with van der Waals surface area (Å²) in [6, 6.07) is 17.2. The van der Waals surface area contributed by atoms with Gasteiger partial charge >= 0.3 is 0 Å². The van der Waals surface area contributed by atoms with Crippen LogP contribution in [0.4, 0.5) is 0 Å². The average molecular weight is 294 g/mol. The van der Waals surface area contributed by atoms with Crippen molar-refractivity contribution in [3.63, 3.8) is 0 Å². The van der Waals surface area contributed by atoms with Gasteiger partial charge in [-0.1, -0.05) is 30.3 Å². The van der Waals surface area contributed by atoms with Crippen LogP contribution >= 0.6 is 0 Å². The van der Waals surface area contributed by atoms with Crippen LogP contribution in [0.2, 0.25) is 0 Å². The van der Waals surface area contributed by atoms with Crippen molar-refractivity contribution in [3.8, 4) is 5.75 Å². The fourth-order valence-electron chi connectivity index (χ4n) is 2.68. The van der Waals surface area contributed by atoms with Crippen molar-refractivity contribution in [2.45, 2.75) is 19.4 Å². The monoisotopic (exact) mass is 294 g/mol. The maximum Gasteiger partial charge on any atom is 0.192 e. The zero-order chi connectivity index (χ0) is 15.5. The molecular formula is C19H18O3. The van der Waals surface area contributed by atoms with Crippen molar-refractivity contribution >= 4 is 5.78 Å². The van der Waals surface area contributed by atoms with Crippen LogP contribution in [0.15, 0.2) is 65.9 Å². The van der Waals surface area contributed by atoms with E-state index in [2.05, 4.69) is 0 Å². The molecule has 2 aromatic carbocycles. The first kappa shape index (κ1) is 14.4. The third kappa shape index (κ3) is 2.75. The summed E-state index contributed by atoms with van der Waals surface area (Å²) in [7, 11) is 1.61. The van der Waals surface area contributed by atoms with Crippen LogP contribution in [0.3, 0.4) is 0 Å². The van der Waals surface area contributed by atoms with Crippen molar-refractivity contribution < 1.29 is 14.3 Å². The fourth-order valence-corrected chi connectivity index (χ4v) is 2.68. The molecule has 0 radical (unpaired) electrons. The molecule has 0 spiro atoms. The van der Waals surface area contributed by atoms with Gasteiger partial charge in [0.1, 0.15) is 17.6 Å². The smallest absolute Gasteiger partial charge is 0.192 e. The normalized spacial score (nSPS) is 17.3. The molecule has 22 heavy (non-hydrogen) atoms. The van der Waals surface area contributed by atoms with E-state index < -0.39 is 0 Å². The molecule has 2 aromatic rings. The quantitative estimate of drug-likeness (QED) is 0.788. The van der Waals surface area contributed by atoms with Gasteiger partial charge in [0.05, 0.1) is 7.11 Å². The molecule has 0 saturated carbocycles. The van der Waals surface area contributed by atoms with Crippen molar-refractivity contribution in [2.75, 3.05) is 7.11 Å². The first-order chi connectivity index (χ1) is 10.7. The molecular weight excluding hydrogens is 276 g/mol. The first-order valence-corrected chi connectivity index (χ1v) is 7.29. The number of hydrogen-bond donors (Lipinski definition) is 0. The molecule has 112 valence electrons. The van der Waals surface area contributed by atoms with E-state index in [0.29, 0.717) is 12.0 Å². The summed E-state index contributed by atoms with van der Waals surface area (Å²) in [5.41, 5.74) is 2.51. The zero-order valence-corrected chi connectivity index (χ0v) is 12.7. The van der Waals surface area contributed by atoms with E-state index in [4.69, 9.17) is 9.47 Å². The number of Topliss-reactive ketones (excluding diaryl/α,β-unsaturated/α-hetero) is 1. The van der Waals surface area contributed by atoms with Crippen molar-refractivity contribution in [1.82, 2.24) is 0 Å². The molecule has 1 aliphatic rings. The van der Waals surface area contributed by atoms with Gasteiger partial charge < -0.3 is 9.47 Å². The van der Waals surface area contributed by atoms with Crippen molar-refractivity contribution in [1.29, 1.82) is 0 Å². The molecule has 1 atom stereocenters. The summed E-state index contributed by atoms with van der Waals surface area (Å²) >= 11 is 0. The number of carbonyl (C=O) groups is 1. The minimum absolute atomic E-state index is 0.0265. The number of benzene rings is 2. The van der Waals surface area contributed by atoms with Crippen LogP contribution in [0, 0.1) is 0 Å². The van der Waals surface area contributed by atoms with E-state index >= 15 is 0 Å². The van der Waals surface area contributed by atoms with Crippen LogP contribution in [0.25, 0.3) is 0 Å². The summed E-state index contributed by atoms with van der Waals surface area (Å²) in [5.74, 6) is 1.49. The summed E-state index contributed by atoms with van der Waals surface area (Å²) in [5, 5.41) is 0. The minimum Gasteiger partial charge on any atom is -0.497 e. The Morgan fingerprint density at radius 1 is 1.09 bits per heavy atom. The highest BCUT2D eigenvalue weighted by Crippen LogP contribution is 2.37. The number of allylic oxidation sites excluding steroid dienone is 1. The van der Waals surface area contributed by atoms with Crippen LogP contribution in [0.1, 0.15) is 35.4 Å². The molecule has 0 fully saturated rings. The molecule has 1 unspecified atom stereocenters. The fraction of sp³-hybridized carbons (Fsp3) is 0.211.